The second-order valence-electron chi connectivity index (χ2n) is 5.21. The third-order valence-corrected chi connectivity index (χ3v) is 4.13. The number of hydrogen-bond donors (Lipinski definition) is 2. The lowest BCUT2D eigenvalue weighted by Crippen LogP contribution is -2.14. The van der Waals surface area contributed by atoms with E-state index < -0.39 is 17.1 Å². The van der Waals surface area contributed by atoms with Crippen molar-refractivity contribution < 1.29 is 22.8 Å². The van der Waals surface area contributed by atoms with E-state index in [1.165, 1.54) is 12.1 Å². The van der Waals surface area contributed by atoms with E-state index in [0.717, 1.165) is 12.8 Å². The molecule has 0 radical (unpaired) electrons. The molecule has 6 nitrogen and oxygen atoms in total. The van der Waals surface area contributed by atoms with Crippen LogP contribution in [0.3, 0.4) is 0 Å². The van der Waals surface area contributed by atoms with Crippen LogP contribution in [0.25, 0.3) is 0 Å². The number of nitrogens with zero attached hydrogens (tertiary/aromatic N) is 2. The Labute approximate surface area is 138 Å². The molecule has 2 N–H and O–H groups in total. The van der Waals surface area contributed by atoms with Crippen LogP contribution in [-0.4, -0.2) is 22.0 Å². The highest BCUT2D eigenvalue weighted by Crippen LogP contribution is 2.33. The molecule has 2 aromatic rings. The van der Waals surface area contributed by atoms with E-state index in [9.17, 15) is 22.8 Å². The molecule has 0 spiro atoms. The zero-order valence-electron chi connectivity index (χ0n) is 12.1. The molecule has 1 fully saturated rings. The number of halogens is 3. The fraction of sp³-hybridized carbons (Fsp3) is 0.286. The molecule has 10 heteroatoms. The lowest BCUT2D eigenvalue weighted by Gasteiger charge is -2.05. The van der Waals surface area contributed by atoms with Crippen LogP contribution in [0.15, 0.2) is 24.3 Å². The maximum absolute atomic E-state index is 12.4. The van der Waals surface area contributed by atoms with Gasteiger partial charge in [0.2, 0.25) is 16.0 Å². The Morgan fingerprint density at radius 1 is 1.08 bits per heavy atom. The Balaban J connectivity index is 1.62. The summed E-state index contributed by atoms with van der Waals surface area (Å²) < 4.78 is 37.3. The summed E-state index contributed by atoms with van der Waals surface area (Å²) >= 11 is 0.248. The molecule has 2 amide bonds. The number of nitrogens with one attached hydrogen (secondary N) is 2. The highest BCUT2D eigenvalue weighted by Gasteiger charge is 2.35. The minimum atomic E-state index is -4.60. The van der Waals surface area contributed by atoms with Crippen LogP contribution in [0.5, 0.6) is 0 Å². The predicted molar refractivity (Wildman–Crippen MR) is 80.7 cm³/mol. The largest absolute Gasteiger partial charge is 0.445 e. The summed E-state index contributed by atoms with van der Waals surface area (Å²) in [5, 5.41) is 9.89. The van der Waals surface area contributed by atoms with Crippen LogP contribution in [0.4, 0.5) is 24.0 Å². The van der Waals surface area contributed by atoms with Crippen molar-refractivity contribution in [2.45, 2.75) is 19.0 Å². The zero-order valence-corrected chi connectivity index (χ0v) is 12.9. The van der Waals surface area contributed by atoms with Crippen LogP contribution in [-0.2, 0) is 11.0 Å². The Bertz CT molecular complexity index is 769. The molecule has 1 heterocycles. The summed E-state index contributed by atoms with van der Waals surface area (Å²) in [6.45, 7) is 0. The van der Waals surface area contributed by atoms with Gasteiger partial charge in [-0.2, -0.15) is 13.2 Å². The average molecular weight is 356 g/mol. The number of amides is 2. The summed E-state index contributed by atoms with van der Waals surface area (Å²) in [7, 11) is 0. The van der Waals surface area contributed by atoms with E-state index in [2.05, 4.69) is 20.8 Å². The standard InChI is InChI=1S/C14H11F3N4O2S/c15-14(16,17)12-20-21-13(24-12)19-11(23)8-3-5-9(6-4-8)18-10(22)7-1-2-7/h3-7H,1-2H2,(H,18,22)(H,19,21,23). The van der Waals surface area contributed by atoms with Gasteiger partial charge in [-0.25, -0.2) is 0 Å². The SMILES string of the molecule is O=C(Nc1nnc(C(F)(F)F)s1)c1ccc(NC(=O)C2CC2)cc1. The maximum atomic E-state index is 12.4. The summed E-state index contributed by atoms with van der Waals surface area (Å²) in [6, 6.07) is 6.03. The summed E-state index contributed by atoms with van der Waals surface area (Å²) in [5.74, 6) is -0.603. The summed E-state index contributed by atoms with van der Waals surface area (Å²) in [5.41, 5.74) is 0.780. The van der Waals surface area contributed by atoms with E-state index >= 15 is 0 Å². The van der Waals surface area contributed by atoms with Gasteiger partial charge in [-0.05, 0) is 37.1 Å². The first kappa shape index (κ1) is 16.4. The second kappa shape index (κ2) is 6.19. The Morgan fingerprint density at radius 3 is 2.29 bits per heavy atom. The molecular weight excluding hydrogens is 345 g/mol. The fourth-order valence-electron chi connectivity index (χ4n) is 1.85. The zero-order chi connectivity index (χ0) is 17.3. The molecule has 0 saturated heterocycles. The fourth-order valence-corrected chi connectivity index (χ4v) is 2.46. The molecule has 1 saturated carbocycles. The van der Waals surface area contributed by atoms with Crippen LogP contribution in [0.1, 0.15) is 28.2 Å². The summed E-state index contributed by atoms with van der Waals surface area (Å²) in [4.78, 5) is 23.6. The monoisotopic (exact) mass is 356 g/mol. The molecule has 0 aliphatic heterocycles. The van der Waals surface area contributed by atoms with Crippen molar-refractivity contribution in [2.75, 3.05) is 10.6 Å². The molecular formula is C14H11F3N4O2S. The van der Waals surface area contributed by atoms with Gasteiger partial charge in [0.05, 0.1) is 0 Å². The number of alkyl halides is 3. The predicted octanol–water partition coefficient (Wildman–Crippen LogP) is 3.16. The average Bonchev–Trinajstić information content (AvgIpc) is 3.26. The first-order chi connectivity index (χ1) is 11.3. The molecule has 0 unspecified atom stereocenters. The van der Waals surface area contributed by atoms with Crippen molar-refractivity contribution in [1.29, 1.82) is 0 Å². The van der Waals surface area contributed by atoms with Gasteiger partial charge in [-0.3, -0.25) is 14.9 Å². The molecule has 126 valence electrons. The number of rotatable bonds is 4. The van der Waals surface area contributed by atoms with Crippen molar-refractivity contribution in [2.24, 2.45) is 5.92 Å². The number of anilines is 2. The molecule has 1 aliphatic rings. The number of carbonyl (C=O) groups excluding carboxylic acids is 2. The molecule has 1 aliphatic carbocycles. The van der Waals surface area contributed by atoms with Gasteiger partial charge < -0.3 is 5.32 Å². The van der Waals surface area contributed by atoms with Crippen LogP contribution < -0.4 is 10.6 Å². The topological polar surface area (TPSA) is 84.0 Å². The van der Waals surface area contributed by atoms with Crippen LogP contribution >= 0.6 is 11.3 Å². The van der Waals surface area contributed by atoms with E-state index in [0.29, 0.717) is 5.69 Å². The van der Waals surface area contributed by atoms with Crippen molar-refractivity contribution in [3.63, 3.8) is 0 Å². The highest BCUT2D eigenvalue weighted by atomic mass is 32.1. The second-order valence-corrected chi connectivity index (χ2v) is 6.18. The molecule has 24 heavy (non-hydrogen) atoms. The van der Waals surface area contributed by atoms with Gasteiger partial charge in [-0.15, -0.1) is 10.2 Å². The number of hydrogen-bond acceptors (Lipinski definition) is 5. The van der Waals surface area contributed by atoms with E-state index in [1.807, 2.05) is 0 Å². The first-order valence-corrected chi connectivity index (χ1v) is 7.77. The number of benzene rings is 1. The first-order valence-electron chi connectivity index (χ1n) is 6.96. The van der Waals surface area contributed by atoms with Crippen molar-refractivity contribution in [3.05, 3.63) is 34.8 Å². The smallest absolute Gasteiger partial charge is 0.326 e. The Kier molecular flexibility index (Phi) is 4.22. The van der Waals surface area contributed by atoms with E-state index in [1.54, 1.807) is 12.1 Å². The van der Waals surface area contributed by atoms with Crippen molar-refractivity contribution >= 4 is 34.0 Å². The minimum absolute atomic E-state index is 0.0549. The van der Waals surface area contributed by atoms with Gasteiger partial charge in [0, 0.05) is 17.2 Å². The molecule has 1 aromatic heterocycles. The molecule has 0 bridgehead atoms. The van der Waals surface area contributed by atoms with E-state index in [-0.39, 0.29) is 33.9 Å². The van der Waals surface area contributed by atoms with Crippen LogP contribution in [0, 0.1) is 5.92 Å². The normalized spacial score (nSPS) is 14.3. The van der Waals surface area contributed by atoms with Gasteiger partial charge >= 0.3 is 6.18 Å². The highest BCUT2D eigenvalue weighted by molar-refractivity contribution is 7.15. The van der Waals surface area contributed by atoms with Crippen molar-refractivity contribution in [1.82, 2.24) is 10.2 Å². The molecule has 1 aromatic carbocycles. The minimum Gasteiger partial charge on any atom is -0.326 e. The molecule has 0 atom stereocenters. The lowest BCUT2D eigenvalue weighted by atomic mass is 10.2. The number of carbonyl (C=O) groups is 2. The third kappa shape index (κ3) is 3.88. The van der Waals surface area contributed by atoms with Crippen LogP contribution in [0.2, 0.25) is 0 Å². The lowest BCUT2D eigenvalue weighted by molar-refractivity contribution is -0.138. The van der Waals surface area contributed by atoms with Gasteiger partial charge in [0.15, 0.2) is 0 Å². The van der Waals surface area contributed by atoms with Crippen molar-refractivity contribution in [3.8, 4) is 0 Å². The Hall–Kier alpha value is -2.49. The maximum Gasteiger partial charge on any atom is 0.445 e. The quantitative estimate of drug-likeness (QED) is 0.881. The van der Waals surface area contributed by atoms with E-state index in [4.69, 9.17) is 0 Å². The third-order valence-electron chi connectivity index (χ3n) is 3.25. The van der Waals surface area contributed by atoms with Gasteiger partial charge in [0.25, 0.3) is 5.91 Å². The number of aromatic nitrogens is 2. The van der Waals surface area contributed by atoms with Gasteiger partial charge in [-0.1, -0.05) is 11.3 Å². The summed E-state index contributed by atoms with van der Waals surface area (Å²) in [6.07, 6.45) is -2.83. The van der Waals surface area contributed by atoms with Gasteiger partial charge in [0.1, 0.15) is 0 Å². The Morgan fingerprint density at radius 2 is 1.75 bits per heavy atom. The molecule has 3 rings (SSSR count).